The van der Waals surface area contributed by atoms with Crippen molar-refractivity contribution in [2.24, 2.45) is 4.99 Å². The average molecular weight is 553 g/mol. The van der Waals surface area contributed by atoms with Crippen LogP contribution in [0.15, 0.2) is 41.9 Å². The molecule has 0 spiro atoms. The molecule has 1 aromatic carbocycles. The Balaban J connectivity index is 0.00000512. The molecular weight excluding hydrogens is 520 g/mol. The highest BCUT2D eigenvalue weighted by Crippen LogP contribution is 2.21. The normalized spacial score (nSPS) is 10.9. The number of unbranched alkanes of at least 4 members (excludes halogenated alkanes) is 3. The smallest absolute Gasteiger partial charge is 0.193 e. The number of benzene rings is 1. The Morgan fingerprint density at radius 3 is 2.66 bits per heavy atom. The lowest BCUT2D eigenvalue weighted by molar-refractivity contribution is 0.454. The summed E-state index contributed by atoms with van der Waals surface area (Å²) >= 11 is 0. The van der Waals surface area contributed by atoms with Crippen molar-refractivity contribution < 1.29 is 4.39 Å². The molecule has 0 aliphatic carbocycles. The predicted molar refractivity (Wildman–Crippen MR) is 139 cm³/mol. The van der Waals surface area contributed by atoms with E-state index in [-0.39, 0.29) is 35.6 Å². The number of aryl methyl sites for hydroxylation is 1. The van der Waals surface area contributed by atoms with Gasteiger partial charge in [-0.05, 0) is 56.4 Å². The van der Waals surface area contributed by atoms with Crippen LogP contribution in [0.25, 0.3) is 5.69 Å². The Morgan fingerprint density at radius 1 is 1.31 bits per heavy atom. The van der Waals surface area contributed by atoms with E-state index in [1.165, 1.54) is 23.2 Å². The Kier molecular flexibility index (Phi) is 12.4. The van der Waals surface area contributed by atoms with E-state index in [1.807, 2.05) is 13.1 Å². The largest absolute Gasteiger partial charge is 0.382 e. The van der Waals surface area contributed by atoms with Gasteiger partial charge in [0.25, 0.3) is 0 Å². The maximum Gasteiger partial charge on any atom is 0.193 e. The zero-order chi connectivity index (χ0) is 22.6. The molecule has 2 rings (SSSR count). The second-order valence-corrected chi connectivity index (χ2v) is 7.34. The maximum absolute atomic E-state index is 13.2. The molecule has 0 unspecified atom stereocenters. The van der Waals surface area contributed by atoms with Gasteiger partial charge in [-0.15, -0.1) is 30.6 Å². The van der Waals surface area contributed by atoms with E-state index in [1.54, 1.807) is 19.2 Å². The quantitative estimate of drug-likeness (QED) is 0.143. The number of anilines is 1. The van der Waals surface area contributed by atoms with Gasteiger partial charge in [0.15, 0.2) is 5.96 Å². The number of guanidine groups is 1. The lowest BCUT2D eigenvalue weighted by Crippen LogP contribution is -2.39. The van der Waals surface area contributed by atoms with E-state index in [0.717, 1.165) is 38.2 Å². The van der Waals surface area contributed by atoms with Crippen molar-refractivity contribution in [1.29, 1.82) is 5.26 Å². The van der Waals surface area contributed by atoms with Gasteiger partial charge in [0.05, 0.1) is 11.4 Å². The van der Waals surface area contributed by atoms with Crippen molar-refractivity contribution in [3.05, 3.63) is 54.0 Å². The van der Waals surface area contributed by atoms with Crippen molar-refractivity contribution in [2.45, 2.75) is 38.5 Å². The third-order valence-electron chi connectivity index (χ3n) is 5.03. The summed E-state index contributed by atoms with van der Waals surface area (Å²) in [6.45, 7) is 5.38. The van der Waals surface area contributed by atoms with Gasteiger partial charge in [0.2, 0.25) is 0 Å². The molecule has 0 amide bonds. The monoisotopic (exact) mass is 553 g/mol. The van der Waals surface area contributed by atoms with Crippen LogP contribution in [-0.2, 0) is 6.42 Å². The standard InChI is InChI=1S/C23H32FN7.HI/c1-4-5-6-7-8-16-30(3)23(27-2)28-15-9-10-21-20(17-25)22(26)31(29-21)19-13-11-18(24)12-14-19;/h4,11-14H,1,5-10,15-16,26H2,2-3H3,(H,27,28);1H. The molecule has 9 heteroatoms. The molecule has 1 aromatic heterocycles. The number of aliphatic imine (C=N–C) groups is 1. The minimum Gasteiger partial charge on any atom is -0.382 e. The summed E-state index contributed by atoms with van der Waals surface area (Å²) in [4.78, 5) is 6.46. The van der Waals surface area contributed by atoms with Crippen molar-refractivity contribution in [1.82, 2.24) is 20.0 Å². The van der Waals surface area contributed by atoms with Crippen LogP contribution in [0.3, 0.4) is 0 Å². The van der Waals surface area contributed by atoms with Crippen LogP contribution >= 0.6 is 24.0 Å². The van der Waals surface area contributed by atoms with Crippen LogP contribution < -0.4 is 11.1 Å². The minimum absolute atomic E-state index is 0. The van der Waals surface area contributed by atoms with Crippen molar-refractivity contribution in [2.75, 3.05) is 32.9 Å². The third kappa shape index (κ3) is 7.82. The highest BCUT2D eigenvalue weighted by molar-refractivity contribution is 14.0. The van der Waals surface area contributed by atoms with E-state index in [4.69, 9.17) is 5.73 Å². The van der Waals surface area contributed by atoms with E-state index in [0.29, 0.717) is 29.9 Å². The van der Waals surface area contributed by atoms with E-state index >= 15 is 0 Å². The summed E-state index contributed by atoms with van der Waals surface area (Å²) in [5.41, 5.74) is 7.73. The first-order chi connectivity index (χ1) is 15.0. The van der Waals surface area contributed by atoms with Crippen molar-refractivity contribution in [3.8, 4) is 11.8 Å². The Labute approximate surface area is 207 Å². The number of allylic oxidation sites excluding steroid dienone is 1. The molecule has 7 nitrogen and oxygen atoms in total. The number of nitrogens with zero attached hydrogens (tertiary/aromatic N) is 5. The number of aromatic nitrogens is 2. The fourth-order valence-corrected chi connectivity index (χ4v) is 3.32. The first-order valence-corrected chi connectivity index (χ1v) is 10.6. The number of nitrogens with two attached hydrogens (primary N) is 1. The molecule has 2 aromatic rings. The molecule has 0 saturated carbocycles. The summed E-state index contributed by atoms with van der Waals surface area (Å²) in [6, 6.07) is 7.99. The summed E-state index contributed by atoms with van der Waals surface area (Å²) in [7, 11) is 3.80. The zero-order valence-electron chi connectivity index (χ0n) is 18.9. The van der Waals surface area contributed by atoms with Crippen LogP contribution in [0.2, 0.25) is 0 Å². The molecule has 0 saturated heterocycles. The van der Waals surface area contributed by atoms with Gasteiger partial charge in [-0.3, -0.25) is 4.99 Å². The first-order valence-electron chi connectivity index (χ1n) is 10.6. The van der Waals surface area contributed by atoms with E-state index in [2.05, 4.69) is 33.0 Å². The maximum atomic E-state index is 13.2. The highest BCUT2D eigenvalue weighted by atomic mass is 127. The Bertz CT molecular complexity index is 916. The molecule has 0 fully saturated rings. The van der Waals surface area contributed by atoms with Crippen LogP contribution in [0.5, 0.6) is 0 Å². The number of rotatable bonds is 11. The molecule has 0 atom stereocenters. The van der Waals surface area contributed by atoms with E-state index < -0.39 is 0 Å². The molecule has 174 valence electrons. The zero-order valence-corrected chi connectivity index (χ0v) is 21.2. The van der Waals surface area contributed by atoms with Crippen LogP contribution in [0.4, 0.5) is 10.2 Å². The van der Waals surface area contributed by atoms with Gasteiger partial charge >= 0.3 is 0 Å². The number of hydrogen-bond donors (Lipinski definition) is 2. The second-order valence-electron chi connectivity index (χ2n) is 7.34. The first kappa shape index (κ1) is 27.4. The Morgan fingerprint density at radius 2 is 2.03 bits per heavy atom. The predicted octanol–water partition coefficient (Wildman–Crippen LogP) is 4.27. The van der Waals surface area contributed by atoms with Crippen molar-refractivity contribution >= 4 is 35.8 Å². The van der Waals surface area contributed by atoms with Gasteiger partial charge in [-0.2, -0.15) is 10.4 Å². The number of nitriles is 1. The molecule has 0 bridgehead atoms. The van der Waals surface area contributed by atoms with Crippen molar-refractivity contribution in [3.63, 3.8) is 0 Å². The van der Waals surface area contributed by atoms with Crippen LogP contribution in [0, 0.1) is 17.1 Å². The number of nitrogens with one attached hydrogen (secondary N) is 1. The lowest BCUT2D eigenvalue weighted by atomic mass is 10.1. The summed E-state index contributed by atoms with van der Waals surface area (Å²) < 4.78 is 14.7. The molecule has 3 N–H and O–H groups in total. The van der Waals surface area contributed by atoms with E-state index in [9.17, 15) is 9.65 Å². The summed E-state index contributed by atoms with van der Waals surface area (Å²) in [5, 5.41) is 17.4. The molecule has 0 aliphatic heterocycles. The highest BCUT2D eigenvalue weighted by Gasteiger charge is 2.16. The van der Waals surface area contributed by atoms with Crippen LogP contribution in [-0.4, -0.2) is 47.8 Å². The summed E-state index contributed by atoms with van der Waals surface area (Å²) in [6.07, 6.45) is 7.82. The topological polar surface area (TPSA) is 95.3 Å². The fourth-order valence-electron chi connectivity index (χ4n) is 3.32. The van der Waals surface area contributed by atoms with Gasteiger partial charge < -0.3 is 16.0 Å². The third-order valence-corrected chi connectivity index (χ3v) is 5.03. The number of hydrogen-bond acceptors (Lipinski definition) is 4. The second kappa shape index (κ2) is 14.5. The molecule has 0 radical (unpaired) electrons. The number of nitrogen functional groups attached to an aromatic ring is 1. The summed E-state index contributed by atoms with van der Waals surface area (Å²) in [5.74, 6) is 0.779. The molecule has 1 heterocycles. The average Bonchev–Trinajstić information content (AvgIpc) is 3.09. The minimum atomic E-state index is -0.337. The molecule has 0 aliphatic rings. The SMILES string of the molecule is C=CCCCCCN(C)C(=NC)NCCCc1nn(-c2ccc(F)cc2)c(N)c1C#N.I. The number of halogens is 2. The fraction of sp³-hybridized carbons (Fsp3) is 0.435. The van der Waals surface area contributed by atoms with Gasteiger partial charge in [0.1, 0.15) is 23.3 Å². The lowest BCUT2D eigenvalue weighted by Gasteiger charge is -2.22. The van der Waals surface area contributed by atoms with Crippen LogP contribution in [0.1, 0.15) is 43.4 Å². The van der Waals surface area contributed by atoms with Gasteiger partial charge in [-0.25, -0.2) is 9.07 Å². The molecular formula is C23H33FIN7. The van der Waals surface area contributed by atoms with Gasteiger partial charge in [0, 0.05) is 27.2 Å². The van der Waals surface area contributed by atoms with Gasteiger partial charge in [-0.1, -0.05) is 12.5 Å². The Hall–Kier alpha value is -2.61. The molecule has 32 heavy (non-hydrogen) atoms.